The number of hydrogen-bond donors (Lipinski definition) is 2. The molecule has 2 rings (SSSR count). The van der Waals surface area contributed by atoms with Crippen molar-refractivity contribution < 1.29 is 14.3 Å². The minimum atomic E-state index is -0.410. The molecule has 1 aromatic heterocycles. The first-order valence-corrected chi connectivity index (χ1v) is 7.33. The highest BCUT2D eigenvalue weighted by atomic mass is 16.5. The van der Waals surface area contributed by atoms with Gasteiger partial charge < -0.3 is 15.0 Å². The fraction of sp³-hybridized carbons (Fsp3) is 0.250. The topological polar surface area (TPSA) is 96.5 Å². The maximum Gasteiger partial charge on any atom is 0.324 e. The lowest BCUT2D eigenvalue weighted by molar-refractivity contribution is -0.127. The first kappa shape index (κ1) is 17.2. The SMILES string of the molecule is CC(=O)N(C)CCOc1ccc(NC(=O)Nc2cnccn2)cc1. The Bertz CT molecular complexity index is 676. The predicted octanol–water partition coefficient (Wildman–Crippen LogP) is 1.98. The van der Waals surface area contributed by atoms with E-state index in [1.807, 2.05) is 0 Å². The van der Waals surface area contributed by atoms with Crippen LogP contribution in [0.2, 0.25) is 0 Å². The number of carbonyl (C=O) groups is 2. The van der Waals surface area contributed by atoms with Crippen LogP contribution in [0.25, 0.3) is 0 Å². The first-order valence-electron chi connectivity index (χ1n) is 7.33. The number of amides is 3. The molecule has 0 aliphatic rings. The fourth-order valence-corrected chi connectivity index (χ4v) is 1.73. The van der Waals surface area contributed by atoms with Gasteiger partial charge in [0.1, 0.15) is 12.4 Å². The van der Waals surface area contributed by atoms with Crippen LogP contribution in [0.1, 0.15) is 6.92 Å². The normalized spacial score (nSPS) is 9.92. The summed E-state index contributed by atoms with van der Waals surface area (Å²) >= 11 is 0. The number of carbonyl (C=O) groups excluding carboxylic acids is 2. The van der Waals surface area contributed by atoms with Gasteiger partial charge in [0.05, 0.1) is 12.7 Å². The summed E-state index contributed by atoms with van der Waals surface area (Å²) < 4.78 is 5.54. The molecule has 2 N–H and O–H groups in total. The highest BCUT2D eigenvalue weighted by Gasteiger charge is 2.05. The molecule has 24 heavy (non-hydrogen) atoms. The van der Waals surface area contributed by atoms with E-state index in [1.54, 1.807) is 36.2 Å². The number of anilines is 2. The van der Waals surface area contributed by atoms with Crippen LogP contribution in [0.15, 0.2) is 42.9 Å². The smallest absolute Gasteiger partial charge is 0.324 e. The average molecular weight is 329 g/mol. The molecular weight excluding hydrogens is 310 g/mol. The average Bonchev–Trinajstić information content (AvgIpc) is 2.57. The van der Waals surface area contributed by atoms with Crippen molar-refractivity contribution in [2.45, 2.75) is 6.92 Å². The van der Waals surface area contributed by atoms with Crippen molar-refractivity contribution in [3.05, 3.63) is 42.9 Å². The van der Waals surface area contributed by atoms with E-state index in [2.05, 4.69) is 20.6 Å². The van der Waals surface area contributed by atoms with E-state index in [0.29, 0.717) is 30.4 Å². The van der Waals surface area contributed by atoms with Gasteiger partial charge in [-0.1, -0.05) is 0 Å². The molecule has 0 aliphatic heterocycles. The molecule has 0 fully saturated rings. The molecule has 0 saturated heterocycles. The third kappa shape index (κ3) is 5.56. The molecule has 8 nitrogen and oxygen atoms in total. The molecule has 0 atom stereocenters. The zero-order valence-corrected chi connectivity index (χ0v) is 13.5. The zero-order valence-electron chi connectivity index (χ0n) is 13.5. The van der Waals surface area contributed by atoms with Gasteiger partial charge >= 0.3 is 6.03 Å². The second-order valence-corrected chi connectivity index (χ2v) is 4.98. The number of nitrogens with zero attached hydrogens (tertiary/aromatic N) is 3. The monoisotopic (exact) mass is 329 g/mol. The summed E-state index contributed by atoms with van der Waals surface area (Å²) in [6, 6.07) is 6.52. The van der Waals surface area contributed by atoms with Crippen LogP contribution >= 0.6 is 0 Å². The second-order valence-electron chi connectivity index (χ2n) is 4.98. The molecule has 0 spiro atoms. The number of likely N-dealkylation sites (N-methyl/N-ethyl adjacent to an activating group) is 1. The number of hydrogen-bond acceptors (Lipinski definition) is 5. The number of rotatable bonds is 6. The molecule has 8 heteroatoms. The lowest BCUT2D eigenvalue weighted by Crippen LogP contribution is -2.28. The van der Waals surface area contributed by atoms with E-state index in [1.165, 1.54) is 25.5 Å². The molecule has 3 amide bonds. The van der Waals surface area contributed by atoms with Crippen LogP contribution < -0.4 is 15.4 Å². The van der Waals surface area contributed by atoms with Gasteiger partial charge in [-0.25, -0.2) is 9.78 Å². The minimum absolute atomic E-state index is 0.00716. The standard InChI is InChI=1S/C16H19N5O3/c1-12(22)21(2)9-10-24-14-5-3-13(4-6-14)19-16(23)20-15-11-17-7-8-18-15/h3-8,11H,9-10H2,1-2H3,(H2,18,19,20,23). The Balaban J connectivity index is 1.79. The second kappa shape index (κ2) is 8.47. The molecule has 126 valence electrons. The van der Waals surface area contributed by atoms with Crippen LogP contribution in [-0.4, -0.2) is 47.0 Å². The number of urea groups is 1. The van der Waals surface area contributed by atoms with Gasteiger partial charge in [-0.15, -0.1) is 0 Å². The van der Waals surface area contributed by atoms with E-state index >= 15 is 0 Å². The molecule has 0 radical (unpaired) electrons. The Morgan fingerprint density at radius 3 is 2.54 bits per heavy atom. The fourth-order valence-electron chi connectivity index (χ4n) is 1.73. The van der Waals surface area contributed by atoms with Crippen molar-refractivity contribution in [2.75, 3.05) is 30.8 Å². The van der Waals surface area contributed by atoms with Crippen molar-refractivity contribution in [3.8, 4) is 5.75 Å². The van der Waals surface area contributed by atoms with Gasteiger partial charge in [0.2, 0.25) is 5.91 Å². The molecule has 0 saturated carbocycles. The Hall–Kier alpha value is -3.16. The first-order chi connectivity index (χ1) is 11.5. The molecule has 1 heterocycles. The van der Waals surface area contributed by atoms with Crippen LogP contribution in [-0.2, 0) is 4.79 Å². The van der Waals surface area contributed by atoms with Crippen molar-refractivity contribution in [1.82, 2.24) is 14.9 Å². The molecule has 0 aliphatic carbocycles. The van der Waals surface area contributed by atoms with Crippen molar-refractivity contribution in [2.24, 2.45) is 0 Å². The van der Waals surface area contributed by atoms with E-state index in [4.69, 9.17) is 4.74 Å². The van der Waals surface area contributed by atoms with Gasteiger partial charge in [-0.3, -0.25) is 15.1 Å². The number of aromatic nitrogens is 2. The molecule has 0 unspecified atom stereocenters. The van der Waals surface area contributed by atoms with Crippen molar-refractivity contribution >= 4 is 23.4 Å². The van der Waals surface area contributed by atoms with Crippen LogP contribution in [0, 0.1) is 0 Å². The third-order valence-electron chi connectivity index (χ3n) is 3.15. The van der Waals surface area contributed by atoms with Crippen LogP contribution in [0.4, 0.5) is 16.3 Å². The van der Waals surface area contributed by atoms with Crippen molar-refractivity contribution in [1.29, 1.82) is 0 Å². The maximum atomic E-state index is 11.8. The van der Waals surface area contributed by atoms with Gasteiger partial charge in [-0.2, -0.15) is 0 Å². The van der Waals surface area contributed by atoms with E-state index < -0.39 is 6.03 Å². The molecule has 0 bridgehead atoms. The predicted molar refractivity (Wildman–Crippen MR) is 89.9 cm³/mol. The summed E-state index contributed by atoms with van der Waals surface area (Å²) in [5, 5.41) is 5.25. The summed E-state index contributed by atoms with van der Waals surface area (Å²) in [5.74, 6) is 1.02. The lowest BCUT2D eigenvalue weighted by atomic mass is 10.3. The Kier molecular flexibility index (Phi) is 6.07. The largest absolute Gasteiger partial charge is 0.492 e. The highest BCUT2D eigenvalue weighted by molar-refractivity contribution is 5.99. The Labute approximate surface area is 139 Å². The van der Waals surface area contributed by atoms with Crippen LogP contribution in [0.3, 0.4) is 0 Å². The quantitative estimate of drug-likeness (QED) is 0.845. The number of ether oxygens (including phenoxy) is 1. The Morgan fingerprint density at radius 2 is 1.92 bits per heavy atom. The lowest BCUT2D eigenvalue weighted by Gasteiger charge is -2.15. The summed E-state index contributed by atoms with van der Waals surface area (Å²) in [4.78, 5) is 32.3. The number of benzene rings is 1. The van der Waals surface area contributed by atoms with E-state index in [9.17, 15) is 9.59 Å². The molecule has 1 aromatic carbocycles. The number of nitrogens with one attached hydrogen (secondary N) is 2. The van der Waals surface area contributed by atoms with Gasteiger partial charge in [0, 0.05) is 32.1 Å². The summed E-state index contributed by atoms with van der Waals surface area (Å²) in [7, 11) is 1.72. The molecular formula is C16H19N5O3. The summed E-state index contributed by atoms with van der Waals surface area (Å²) in [6.45, 7) is 2.42. The maximum absolute atomic E-state index is 11.8. The van der Waals surface area contributed by atoms with Crippen molar-refractivity contribution in [3.63, 3.8) is 0 Å². The van der Waals surface area contributed by atoms with Gasteiger partial charge in [0.25, 0.3) is 0 Å². The van der Waals surface area contributed by atoms with Gasteiger partial charge in [0.15, 0.2) is 5.82 Å². The van der Waals surface area contributed by atoms with Gasteiger partial charge in [-0.05, 0) is 24.3 Å². The zero-order chi connectivity index (χ0) is 17.4. The summed E-state index contributed by atoms with van der Waals surface area (Å²) in [6.07, 6.45) is 4.47. The van der Waals surface area contributed by atoms with E-state index in [0.717, 1.165) is 0 Å². The minimum Gasteiger partial charge on any atom is -0.492 e. The summed E-state index contributed by atoms with van der Waals surface area (Å²) in [5.41, 5.74) is 0.615. The van der Waals surface area contributed by atoms with Crippen LogP contribution in [0.5, 0.6) is 5.75 Å². The highest BCUT2D eigenvalue weighted by Crippen LogP contribution is 2.16. The van der Waals surface area contributed by atoms with E-state index in [-0.39, 0.29) is 5.91 Å². The Morgan fingerprint density at radius 1 is 1.17 bits per heavy atom. The third-order valence-corrected chi connectivity index (χ3v) is 3.15. The molecule has 2 aromatic rings.